The Morgan fingerprint density at radius 2 is 1.82 bits per heavy atom. The molecule has 0 saturated carbocycles. The van der Waals surface area contributed by atoms with E-state index in [2.05, 4.69) is 75.4 Å². The van der Waals surface area contributed by atoms with E-state index in [4.69, 9.17) is 18.0 Å². The molecular formula is C25H34FN7S. The highest BCUT2D eigenvalue weighted by atomic mass is 32.1. The zero-order valence-corrected chi connectivity index (χ0v) is 21.0. The number of hydrogen-bond donors (Lipinski definition) is 2. The zero-order valence-electron chi connectivity index (χ0n) is 20.2. The van der Waals surface area contributed by atoms with Gasteiger partial charge in [-0.3, -0.25) is 5.43 Å². The van der Waals surface area contributed by atoms with E-state index >= 15 is 4.39 Å². The van der Waals surface area contributed by atoms with E-state index in [1.165, 1.54) is 11.3 Å². The van der Waals surface area contributed by atoms with E-state index in [0.29, 0.717) is 17.3 Å². The monoisotopic (exact) mass is 483 g/mol. The first-order valence-corrected chi connectivity index (χ1v) is 12.1. The van der Waals surface area contributed by atoms with Crippen LogP contribution in [0.1, 0.15) is 17.5 Å². The SMILES string of the molecule is Cc1cccc(N2CCN(c3cc(N4CC[C@@H](N(C)C)C4)c(C=NNC(N)=S)cc3F)CC2)c1. The summed E-state index contributed by atoms with van der Waals surface area (Å²) in [5.41, 5.74) is 12.9. The summed E-state index contributed by atoms with van der Waals surface area (Å²) < 4.78 is 15.4. The molecule has 34 heavy (non-hydrogen) atoms. The van der Waals surface area contributed by atoms with Crippen LogP contribution < -0.4 is 25.9 Å². The van der Waals surface area contributed by atoms with E-state index in [9.17, 15) is 0 Å². The van der Waals surface area contributed by atoms with Crippen LogP contribution in [0.2, 0.25) is 0 Å². The average Bonchev–Trinajstić information content (AvgIpc) is 3.30. The van der Waals surface area contributed by atoms with Gasteiger partial charge in [0.1, 0.15) is 5.82 Å². The third-order valence-corrected chi connectivity index (χ3v) is 6.79. The minimum absolute atomic E-state index is 0.0789. The summed E-state index contributed by atoms with van der Waals surface area (Å²) in [6.07, 6.45) is 2.66. The smallest absolute Gasteiger partial charge is 0.184 e. The number of rotatable bonds is 6. The minimum Gasteiger partial charge on any atom is -0.375 e. The lowest BCUT2D eigenvalue weighted by atomic mass is 10.1. The standard InChI is InChI=1S/C25H34FN7S/c1-18-5-4-6-20(13-18)31-9-11-32(12-10-31)24-15-23(33-8-7-21(17-33)30(2)3)19(14-22(24)26)16-28-29-25(27)34/h4-6,13-16,21H,7-12,17H2,1-3H3,(H3,27,29,34)/t21-/m1/s1. The van der Waals surface area contributed by atoms with Gasteiger partial charge in [0.15, 0.2) is 5.11 Å². The first kappa shape index (κ1) is 24.2. The Morgan fingerprint density at radius 1 is 1.09 bits per heavy atom. The molecule has 2 aliphatic rings. The third kappa shape index (κ3) is 5.59. The molecule has 0 spiro atoms. The number of aryl methyl sites for hydroxylation is 1. The summed E-state index contributed by atoms with van der Waals surface area (Å²) in [7, 11) is 4.21. The first-order chi connectivity index (χ1) is 16.3. The van der Waals surface area contributed by atoms with Crippen molar-refractivity contribution in [3.63, 3.8) is 0 Å². The molecule has 2 aliphatic heterocycles. The number of nitrogens with zero attached hydrogens (tertiary/aromatic N) is 5. The second-order valence-corrected chi connectivity index (χ2v) is 9.70. The fraction of sp³-hybridized carbons (Fsp3) is 0.440. The van der Waals surface area contributed by atoms with Crippen molar-refractivity contribution in [2.75, 3.05) is 68.1 Å². The van der Waals surface area contributed by atoms with Gasteiger partial charge in [-0.2, -0.15) is 5.10 Å². The molecule has 0 amide bonds. The molecule has 0 aromatic heterocycles. The van der Waals surface area contributed by atoms with Gasteiger partial charge in [0.25, 0.3) is 0 Å². The Balaban J connectivity index is 1.57. The van der Waals surface area contributed by atoms with Gasteiger partial charge in [0, 0.05) is 62.2 Å². The van der Waals surface area contributed by atoms with E-state index < -0.39 is 0 Å². The number of hydrogen-bond acceptors (Lipinski definition) is 6. The lowest BCUT2D eigenvalue weighted by Crippen LogP contribution is -2.47. The molecule has 2 saturated heterocycles. The topological polar surface area (TPSA) is 63.4 Å². The molecule has 0 radical (unpaired) electrons. The average molecular weight is 484 g/mol. The summed E-state index contributed by atoms with van der Waals surface area (Å²) >= 11 is 4.83. The van der Waals surface area contributed by atoms with Crippen molar-refractivity contribution in [3.8, 4) is 0 Å². The van der Waals surface area contributed by atoms with Crippen molar-refractivity contribution in [1.29, 1.82) is 0 Å². The molecule has 0 aliphatic carbocycles. The number of halogens is 1. The van der Waals surface area contributed by atoms with Crippen LogP contribution in [0, 0.1) is 12.7 Å². The van der Waals surface area contributed by atoms with Gasteiger partial charge in [-0.05, 0) is 69.5 Å². The first-order valence-electron chi connectivity index (χ1n) is 11.7. The fourth-order valence-corrected chi connectivity index (χ4v) is 4.82. The molecule has 0 bridgehead atoms. The highest BCUT2D eigenvalue weighted by molar-refractivity contribution is 7.80. The second-order valence-electron chi connectivity index (χ2n) is 9.26. The van der Waals surface area contributed by atoms with Crippen molar-refractivity contribution >= 4 is 40.6 Å². The fourth-order valence-electron chi connectivity index (χ4n) is 4.76. The van der Waals surface area contributed by atoms with Crippen LogP contribution in [0.25, 0.3) is 0 Å². The van der Waals surface area contributed by atoms with Crippen molar-refractivity contribution in [1.82, 2.24) is 10.3 Å². The largest absolute Gasteiger partial charge is 0.375 e. The number of thiocarbonyl (C=S) groups is 1. The highest BCUT2D eigenvalue weighted by Crippen LogP contribution is 2.33. The van der Waals surface area contributed by atoms with Crippen molar-refractivity contribution in [2.45, 2.75) is 19.4 Å². The van der Waals surface area contributed by atoms with Gasteiger partial charge in [-0.15, -0.1) is 0 Å². The van der Waals surface area contributed by atoms with Crippen LogP contribution in [0.15, 0.2) is 41.5 Å². The van der Waals surface area contributed by atoms with Gasteiger partial charge in [-0.1, -0.05) is 12.1 Å². The predicted molar refractivity (Wildman–Crippen MR) is 144 cm³/mol. The number of benzene rings is 2. The van der Waals surface area contributed by atoms with Crippen LogP contribution in [-0.2, 0) is 0 Å². The number of piperazine rings is 1. The molecule has 182 valence electrons. The Bertz CT molecular complexity index is 1050. The van der Waals surface area contributed by atoms with E-state index in [1.54, 1.807) is 12.3 Å². The maximum Gasteiger partial charge on any atom is 0.184 e. The second kappa shape index (κ2) is 10.6. The molecule has 9 heteroatoms. The summed E-state index contributed by atoms with van der Waals surface area (Å²) in [5.74, 6) is -0.243. The summed E-state index contributed by atoms with van der Waals surface area (Å²) in [5, 5.41) is 4.17. The molecule has 4 rings (SSSR count). The van der Waals surface area contributed by atoms with Gasteiger partial charge in [0.05, 0.1) is 11.9 Å². The molecular weight excluding hydrogens is 449 g/mol. The van der Waals surface area contributed by atoms with Crippen molar-refractivity contribution < 1.29 is 4.39 Å². The van der Waals surface area contributed by atoms with Crippen LogP contribution in [0.3, 0.4) is 0 Å². The molecule has 2 fully saturated rings. The van der Waals surface area contributed by atoms with Gasteiger partial charge in [-0.25, -0.2) is 4.39 Å². The van der Waals surface area contributed by atoms with Crippen LogP contribution in [0.5, 0.6) is 0 Å². The molecule has 2 aromatic carbocycles. The normalized spacial score (nSPS) is 18.9. The maximum atomic E-state index is 15.4. The molecule has 1 atom stereocenters. The van der Waals surface area contributed by atoms with E-state index in [0.717, 1.165) is 51.4 Å². The number of anilines is 3. The summed E-state index contributed by atoms with van der Waals surface area (Å²) in [6.45, 7) is 7.15. The summed E-state index contributed by atoms with van der Waals surface area (Å²) in [6, 6.07) is 12.6. The van der Waals surface area contributed by atoms with Gasteiger partial charge in [0.2, 0.25) is 0 Å². The quantitative estimate of drug-likeness (QED) is 0.372. The van der Waals surface area contributed by atoms with Gasteiger partial charge < -0.3 is 25.3 Å². The van der Waals surface area contributed by atoms with Crippen molar-refractivity contribution in [2.24, 2.45) is 10.8 Å². The molecule has 2 heterocycles. The molecule has 3 N–H and O–H groups in total. The van der Waals surface area contributed by atoms with Crippen LogP contribution >= 0.6 is 12.2 Å². The molecule has 0 unspecified atom stereocenters. The lowest BCUT2D eigenvalue weighted by molar-refractivity contribution is 0.315. The number of likely N-dealkylation sites (N-methyl/N-ethyl adjacent to an activating group) is 1. The van der Waals surface area contributed by atoms with Crippen LogP contribution in [0.4, 0.5) is 21.5 Å². The van der Waals surface area contributed by atoms with E-state index in [-0.39, 0.29) is 10.9 Å². The van der Waals surface area contributed by atoms with Crippen LogP contribution in [-0.4, -0.2) is 75.6 Å². The number of hydrazone groups is 1. The molecule has 2 aromatic rings. The Kier molecular flexibility index (Phi) is 7.53. The summed E-state index contributed by atoms with van der Waals surface area (Å²) in [4.78, 5) is 9.08. The van der Waals surface area contributed by atoms with Gasteiger partial charge >= 0.3 is 0 Å². The van der Waals surface area contributed by atoms with Crippen molar-refractivity contribution in [3.05, 3.63) is 53.3 Å². The van der Waals surface area contributed by atoms with E-state index in [1.807, 2.05) is 6.07 Å². The Hall–Kier alpha value is -2.91. The number of nitrogens with two attached hydrogens (primary N) is 1. The zero-order chi connectivity index (χ0) is 24.2. The number of nitrogens with one attached hydrogen (secondary N) is 1. The minimum atomic E-state index is -0.243. The lowest BCUT2D eigenvalue weighted by Gasteiger charge is -2.38. The third-order valence-electron chi connectivity index (χ3n) is 6.70. The Labute approximate surface area is 207 Å². The molecule has 7 nitrogen and oxygen atoms in total. The Morgan fingerprint density at radius 3 is 2.47 bits per heavy atom. The highest BCUT2D eigenvalue weighted by Gasteiger charge is 2.28. The maximum absolute atomic E-state index is 15.4. The predicted octanol–water partition coefficient (Wildman–Crippen LogP) is 2.77.